The molecule has 18 heavy (non-hydrogen) atoms. The van der Waals surface area contributed by atoms with Crippen LogP contribution >= 0.6 is 15.9 Å². The third-order valence-corrected chi connectivity index (χ3v) is 3.66. The molecule has 0 amide bonds. The maximum Gasteiger partial charge on any atom is 0.131 e. The average Bonchev–Trinajstić information content (AvgIpc) is 2.63. The first kappa shape index (κ1) is 13.1. The Labute approximate surface area is 114 Å². The number of benzene rings is 1. The third-order valence-electron chi connectivity index (χ3n) is 2.62. The zero-order chi connectivity index (χ0) is 13.1. The smallest absolute Gasteiger partial charge is 0.131 e. The van der Waals surface area contributed by atoms with Crippen LogP contribution in [-0.2, 0) is 13.2 Å². The number of aromatic nitrogens is 2. The Morgan fingerprint density at radius 1 is 1.44 bits per heavy atom. The molecule has 0 spiro atoms. The van der Waals surface area contributed by atoms with Crippen molar-refractivity contribution in [3.63, 3.8) is 0 Å². The Bertz CT molecular complexity index is 554. The Balaban J connectivity index is 2.15. The van der Waals surface area contributed by atoms with Crippen molar-refractivity contribution in [2.75, 3.05) is 0 Å². The van der Waals surface area contributed by atoms with E-state index in [0.717, 1.165) is 22.4 Å². The second-order valence-corrected chi connectivity index (χ2v) is 4.70. The molecule has 0 aliphatic heterocycles. The van der Waals surface area contributed by atoms with Crippen LogP contribution in [0.2, 0.25) is 0 Å². The number of rotatable bonds is 4. The Hall–Kier alpha value is -1.36. The standard InChI is InChI=1S/C13H14BrFN2O/c1-3-17-12(13(14)9(2)16-17)8-18-11-6-4-5-10(15)7-11/h4-7H,3,8H2,1-2H3. The van der Waals surface area contributed by atoms with E-state index in [1.807, 2.05) is 18.5 Å². The van der Waals surface area contributed by atoms with Gasteiger partial charge in [0.1, 0.15) is 18.2 Å². The molecule has 0 saturated carbocycles. The lowest BCUT2D eigenvalue weighted by Gasteiger charge is -2.08. The van der Waals surface area contributed by atoms with Crippen LogP contribution in [0.1, 0.15) is 18.3 Å². The van der Waals surface area contributed by atoms with Crippen LogP contribution in [0.5, 0.6) is 5.75 Å². The van der Waals surface area contributed by atoms with Crippen LogP contribution in [0.3, 0.4) is 0 Å². The molecule has 1 heterocycles. The lowest BCUT2D eigenvalue weighted by molar-refractivity contribution is 0.290. The molecule has 1 aromatic carbocycles. The van der Waals surface area contributed by atoms with Gasteiger partial charge < -0.3 is 4.74 Å². The van der Waals surface area contributed by atoms with Crippen molar-refractivity contribution < 1.29 is 9.13 Å². The van der Waals surface area contributed by atoms with Gasteiger partial charge in [-0.15, -0.1) is 0 Å². The largest absolute Gasteiger partial charge is 0.487 e. The van der Waals surface area contributed by atoms with Gasteiger partial charge in [-0.2, -0.15) is 5.10 Å². The maximum atomic E-state index is 13.0. The molecular formula is C13H14BrFN2O. The number of hydrogen-bond donors (Lipinski definition) is 0. The fourth-order valence-corrected chi connectivity index (χ4v) is 2.11. The zero-order valence-corrected chi connectivity index (χ0v) is 11.9. The molecule has 0 bridgehead atoms. The summed E-state index contributed by atoms with van der Waals surface area (Å²) in [5, 5.41) is 4.37. The van der Waals surface area contributed by atoms with Crippen molar-refractivity contribution >= 4 is 15.9 Å². The second kappa shape index (κ2) is 5.52. The van der Waals surface area contributed by atoms with Crippen LogP contribution in [-0.4, -0.2) is 9.78 Å². The van der Waals surface area contributed by atoms with E-state index in [1.165, 1.54) is 12.1 Å². The molecule has 1 aromatic heterocycles. The molecule has 3 nitrogen and oxygen atoms in total. The molecule has 0 aliphatic rings. The summed E-state index contributed by atoms with van der Waals surface area (Å²) in [6.45, 7) is 5.08. The van der Waals surface area contributed by atoms with E-state index in [2.05, 4.69) is 21.0 Å². The van der Waals surface area contributed by atoms with Gasteiger partial charge in [0.25, 0.3) is 0 Å². The minimum absolute atomic E-state index is 0.299. The molecule has 0 aliphatic carbocycles. The van der Waals surface area contributed by atoms with Crippen LogP contribution in [0.15, 0.2) is 28.7 Å². The highest BCUT2D eigenvalue weighted by Gasteiger charge is 2.12. The molecule has 2 rings (SSSR count). The van der Waals surface area contributed by atoms with Crippen molar-refractivity contribution in [1.29, 1.82) is 0 Å². The van der Waals surface area contributed by atoms with E-state index in [4.69, 9.17) is 4.74 Å². The summed E-state index contributed by atoms with van der Waals surface area (Å²) in [4.78, 5) is 0. The molecule has 5 heteroatoms. The zero-order valence-electron chi connectivity index (χ0n) is 10.3. The van der Waals surface area contributed by atoms with E-state index in [1.54, 1.807) is 12.1 Å². The van der Waals surface area contributed by atoms with Crippen LogP contribution in [0, 0.1) is 12.7 Å². The van der Waals surface area contributed by atoms with Gasteiger partial charge in [-0.05, 0) is 41.9 Å². The van der Waals surface area contributed by atoms with Crippen molar-refractivity contribution in [2.24, 2.45) is 0 Å². The number of aryl methyl sites for hydroxylation is 2. The summed E-state index contributed by atoms with van der Waals surface area (Å²) < 4.78 is 21.4. The minimum atomic E-state index is -0.299. The summed E-state index contributed by atoms with van der Waals surface area (Å²) in [6.07, 6.45) is 0. The number of ether oxygens (including phenoxy) is 1. The van der Waals surface area contributed by atoms with E-state index < -0.39 is 0 Å². The first-order valence-corrected chi connectivity index (χ1v) is 6.51. The van der Waals surface area contributed by atoms with Crippen LogP contribution in [0.25, 0.3) is 0 Å². The second-order valence-electron chi connectivity index (χ2n) is 3.91. The number of halogens is 2. The monoisotopic (exact) mass is 312 g/mol. The normalized spacial score (nSPS) is 10.7. The molecule has 0 unspecified atom stereocenters. The minimum Gasteiger partial charge on any atom is -0.487 e. The summed E-state index contributed by atoms with van der Waals surface area (Å²) in [6, 6.07) is 6.12. The molecule has 0 N–H and O–H groups in total. The molecule has 0 fully saturated rings. The molecule has 0 atom stereocenters. The number of nitrogens with zero attached hydrogens (tertiary/aromatic N) is 2. The van der Waals surface area contributed by atoms with Crippen molar-refractivity contribution in [3.05, 3.63) is 45.9 Å². The Morgan fingerprint density at radius 2 is 2.22 bits per heavy atom. The van der Waals surface area contributed by atoms with E-state index in [-0.39, 0.29) is 5.82 Å². The quantitative estimate of drug-likeness (QED) is 0.861. The Kier molecular flexibility index (Phi) is 4.01. The first-order valence-electron chi connectivity index (χ1n) is 5.72. The molecule has 96 valence electrons. The van der Waals surface area contributed by atoms with Gasteiger partial charge in [0.15, 0.2) is 0 Å². The van der Waals surface area contributed by atoms with Gasteiger partial charge in [-0.25, -0.2) is 4.39 Å². The highest BCUT2D eigenvalue weighted by atomic mass is 79.9. The van der Waals surface area contributed by atoms with Crippen molar-refractivity contribution in [2.45, 2.75) is 27.0 Å². The van der Waals surface area contributed by atoms with Gasteiger partial charge in [0, 0.05) is 12.6 Å². The van der Waals surface area contributed by atoms with E-state index >= 15 is 0 Å². The fourth-order valence-electron chi connectivity index (χ4n) is 1.72. The van der Waals surface area contributed by atoms with Gasteiger partial charge in [-0.1, -0.05) is 6.07 Å². The Morgan fingerprint density at radius 3 is 2.89 bits per heavy atom. The molecule has 2 aromatic rings. The lowest BCUT2D eigenvalue weighted by Crippen LogP contribution is -2.06. The lowest BCUT2D eigenvalue weighted by atomic mass is 10.3. The molecular weight excluding hydrogens is 299 g/mol. The maximum absolute atomic E-state index is 13.0. The van der Waals surface area contributed by atoms with E-state index in [9.17, 15) is 4.39 Å². The van der Waals surface area contributed by atoms with Crippen molar-refractivity contribution in [1.82, 2.24) is 9.78 Å². The molecule has 0 saturated heterocycles. The van der Waals surface area contributed by atoms with Crippen LogP contribution in [0.4, 0.5) is 4.39 Å². The summed E-state index contributed by atoms with van der Waals surface area (Å²) in [5.41, 5.74) is 1.88. The van der Waals surface area contributed by atoms with Crippen LogP contribution < -0.4 is 4.74 Å². The predicted octanol–water partition coefficient (Wildman–Crippen LogP) is 3.69. The average molecular weight is 313 g/mol. The van der Waals surface area contributed by atoms with Gasteiger partial charge >= 0.3 is 0 Å². The highest BCUT2D eigenvalue weighted by Crippen LogP contribution is 2.23. The van der Waals surface area contributed by atoms with Gasteiger partial charge in [0.2, 0.25) is 0 Å². The topological polar surface area (TPSA) is 27.1 Å². The third kappa shape index (κ3) is 2.72. The highest BCUT2D eigenvalue weighted by molar-refractivity contribution is 9.10. The number of hydrogen-bond acceptors (Lipinski definition) is 2. The fraction of sp³-hybridized carbons (Fsp3) is 0.308. The van der Waals surface area contributed by atoms with Crippen molar-refractivity contribution in [3.8, 4) is 5.75 Å². The van der Waals surface area contributed by atoms with E-state index in [0.29, 0.717) is 12.4 Å². The predicted molar refractivity (Wildman–Crippen MR) is 71.1 cm³/mol. The SMILES string of the molecule is CCn1nc(C)c(Br)c1COc1cccc(F)c1. The molecule has 0 radical (unpaired) electrons. The summed E-state index contributed by atoms with van der Waals surface area (Å²) in [7, 11) is 0. The summed E-state index contributed by atoms with van der Waals surface area (Å²) >= 11 is 3.49. The van der Waals surface area contributed by atoms with Gasteiger partial charge in [0.05, 0.1) is 15.9 Å². The first-order chi connectivity index (χ1) is 8.61. The summed E-state index contributed by atoms with van der Waals surface area (Å²) in [5.74, 6) is 0.218. The van der Waals surface area contributed by atoms with Gasteiger partial charge in [-0.3, -0.25) is 4.68 Å².